The second kappa shape index (κ2) is 7.52. The monoisotopic (exact) mass is 319 g/mol. The molecule has 4 heteroatoms. The average molecular weight is 320 g/mol. The van der Waals surface area contributed by atoms with E-state index in [2.05, 4.69) is 43.4 Å². The van der Waals surface area contributed by atoms with Crippen LogP contribution in [0.2, 0.25) is 5.02 Å². The summed E-state index contributed by atoms with van der Waals surface area (Å²) in [5.74, 6) is 1.22. The van der Waals surface area contributed by atoms with Crippen LogP contribution in [-0.2, 0) is 6.54 Å². The van der Waals surface area contributed by atoms with Crippen LogP contribution in [0, 0.1) is 6.92 Å². The summed E-state index contributed by atoms with van der Waals surface area (Å²) in [4.78, 5) is 0. The lowest BCUT2D eigenvalue weighted by Gasteiger charge is -2.17. The van der Waals surface area contributed by atoms with Gasteiger partial charge in [-0.1, -0.05) is 47.5 Å². The molecule has 3 nitrogen and oxygen atoms in total. The molecule has 0 aliphatic rings. The Morgan fingerprint density at radius 1 is 1.05 bits per heavy atom. The first kappa shape index (κ1) is 16.7. The van der Waals surface area contributed by atoms with Crippen molar-refractivity contribution in [1.29, 1.82) is 0 Å². The molecule has 0 saturated carbocycles. The molecule has 0 aliphatic heterocycles. The van der Waals surface area contributed by atoms with Crippen molar-refractivity contribution in [2.75, 3.05) is 14.2 Å². The third-order valence-corrected chi connectivity index (χ3v) is 4.16. The molecule has 1 unspecified atom stereocenters. The lowest BCUT2D eigenvalue weighted by atomic mass is 10.1. The zero-order valence-electron chi connectivity index (χ0n) is 13.4. The van der Waals surface area contributed by atoms with E-state index in [0.29, 0.717) is 23.1 Å². The molecule has 0 heterocycles. The van der Waals surface area contributed by atoms with Crippen LogP contribution in [0.3, 0.4) is 0 Å². The molecule has 0 radical (unpaired) electrons. The number of methoxy groups -OCH3 is 2. The third kappa shape index (κ3) is 3.73. The Morgan fingerprint density at radius 3 is 2.32 bits per heavy atom. The molecule has 0 bridgehead atoms. The number of hydrogen-bond donors (Lipinski definition) is 1. The lowest BCUT2D eigenvalue weighted by Crippen LogP contribution is -2.18. The number of benzene rings is 2. The minimum absolute atomic E-state index is 0.241. The molecule has 22 heavy (non-hydrogen) atoms. The molecule has 1 atom stereocenters. The van der Waals surface area contributed by atoms with Crippen LogP contribution in [0.5, 0.6) is 11.5 Å². The highest BCUT2D eigenvalue weighted by molar-refractivity contribution is 6.33. The fourth-order valence-corrected chi connectivity index (χ4v) is 2.60. The molecular weight excluding hydrogens is 298 g/mol. The summed E-state index contributed by atoms with van der Waals surface area (Å²) in [6.07, 6.45) is 0. The Morgan fingerprint density at radius 2 is 1.73 bits per heavy atom. The molecule has 2 rings (SSSR count). The van der Waals surface area contributed by atoms with Gasteiger partial charge in [0.2, 0.25) is 0 Å². The highest BCUT2D eigenvalue weighted by Gasteiger charge is 2.14. The van der Waals surface area contributed by atoms with Gasteiger partial charge in [-0.3, -0.25) is 0 Å². The highest BCUT2D eigenvalue weighted by Crippen LogP contribution is 2.37. The van der Waals surface area contributed by atoms with Crippen LogP contribution in [0.4, 0.5) is 0 Å². The predicted molar refractivity (Wildman–Crippen MR) is 91.0 cm³/mol. The fourth-order valence-electron chi connectivity index (χ4n) is 2.30. The van der Waals surface area contributed by atoms with E-state index in [4.69, 9.17) is 21.1 Å². The second-order valence-electron chi connectivity index (χ2n) is 5.29. The third-order valence-electron chi connectivity index (χ3n) is 3.74. The number of aryl methyl sites for hydroxylation is 1. The standard InChI is InChI=1S/C18H22ClNO2/c1-12-5-7-14(8-6-12)13(2)20-11-15-9-10-16(21-3)18(22-4)17(15)19/h5-10,13,20H,11H2,1-4H3. The summed E-state index contributed by atoms with van der Waals surface area (Å²) >= 11 is 6.40. The van der Waals surface area contributed by atoms with E-state index in [0.717, 1.165) is 5.56 Å². The van der Waals surface area contributed by atoms with Crippen LogP contribution in [-0.4, -0.2) is 14.2 Å². The average Bonchev–Trinajstić information content (AvgIpc) is 2.53. The van der Waals surface area contributed by atoms with Gasteiger partial charge in [-0.2, -0.15) is 0 Å². The summed E-state index contributed by atoms with van der Waals surface area (Å²) in [5.41, 5.74) is 3.50. The van der Waals surface area contributed by atoms with E-state index in [1.807, 2.05) is 12.1 Å². The molecular formula is C18H22ClNO2. The maximum absolute atomic E-state index is 6.40. The molecule has 1 N–H and O–H groups in total. The summed E-state index contributed by atoms with van der Waals surface area (Å²) in [5, 5.41) is 4.07. The minimum atomic E-state index is 0.241. The summed E-state index contributed by atoms with van der Waals surface area (Å²) in [6.45, 7) is 4.89. The number of rotatable bonds is 6. The van der Waals surface area contributed by atoms with Gasteiger partial charge in [0.1, 0.15) is 0 Å². The summed E-state index contributed by atoms with van der Waals surface area (Å²) in [7, 11) is 3.20. The molecule has 118 valence electrons. The van der Waals surface area contributed by atoms with Crippen molar-refractivity contribution in [2.24, 2.45) is 0 Å². The van der Waals surface area contributed by atoms with Gasteiger partial charge in [0.25, 0.3) is 0 Å². The van der Waals surface area contributed by atoms with Crippen molar-refractivity contribution in [3.05, 3.63) is 58.1 Å². The Hall–Kier alpha value is -1.71. The number of hydrogen-bond acceptors (Lipinski definition) is 3. The minimum Gasteiger partial charge on any atom is -0.493 e. The largest absolute Gasteiger partial charge is 0.493 e. The maximum Gasteiger partial charge on any atom is 0.179 e. The molecule has 0 aromatic heterocycles. The van der Waals surface area contributed by atoms with E-state index in [1.165, 1.54) is 11.1 Å². The second-order valence-corrected chi connectivity index (χ2v) is 5.67. The zero-order valence-corrected chi connectivity index (χ0v) is 14.2. The van der Waals surface area contributed by atoms with Crippen LogP contribution >= 0.6 is 11.6 Å². The molecule has 2 aromatic carbocycles. The van der Waals surface area contributed by atoms with Crippen LogP contribution in [0.25, 0.3) is 0 Å². The Balaban J connectivity index is 2.09. The molecule has 0 saturated heterocycles. The Bertz CT molecular complexity index is 626. The van der Waals surface area contributed by atoms with Gasteiger partial charge >= 0.3 is 0 Å². The van der Waals surface area contributed by atoms with Gasteiger partial charge in [0.15, 0.2) is 11.5 Å². The van der Waals surface area contributed by atoms with Gasteiger partial charge in [0, 0.05) is 12.6 Å². The topological polar surface area (TPSA) is 30.5 Å². The Labute approximate surface area is 137 Å². The zero-order chi connectivity index (χ0) is 16.1. The van der Waals surface area contributed by atoms with Crippen LogP contribution < -0.4 is 14.8 Å². The quantitative estimate of drug-likeness (QED) is 0.849. The van der Waals surface area contributed by atoms with Gasteiger partial charge in [0.05, 0.1) is 19.2 Å². The van der Waals surface area contributed by atoms with Crippen molar-refractivity contribution >= 4 is 11.6 Å². The lowest BCUT2D eigenvalue weighted by molar-refractivity contribution is 0.354. The van der Waals surface area contributed by atoms with Crippen molar-refractivity contribution in [2.45, 2.75) is 26.4 Å². The normalized spacial score (nSPS) is 12.0. The Kier molecular flexibility index (Phi) is 5.69. The molecule has 0 aliphatic carbocycles. The van der Waals surface area contributed by atoms with Crippen molar-refractivity contribution in [3.63, 3.8) is 0 Å². The van der Waals surface area contributed by atoms with E-state index in [-0.39, 0.29) is 6.04 Å². The first-order valence-corrected chi connectivity index (χ1v) is 7.64. The predicted octanol–water partition coefficient (Wildman–Crippen LogP) is 4.52. The first-order valence-electron chi connectivity index (χ1n) is 7.26. The number of ether oxygens (including phenoxy) is 2. The van der Waals surface area contributed by atoms with Gasteiger partial charge in [-0.05, 0) is 31.0 Å². The molecule has 0 amide bonds. The van der Waals surface area contributed by atoms with Crippen molar-refractivity contribution < 1.29 is 9.47 Å². The van der Waals surface area contributed by atoms with Gasteiger partial charge < -0.3 is 14.8 Å². The van der Waals surface area contributed by atoms with Crippen molar-refractivity contribution in [1.82, 2.24) is 5.32 Å². The molecule has 0 fully saturated rings. The van der Waals surface area contributed by atoms with Crippen molar-refractivity contribution in [3.8, 4) is 11.5 Å². The van der Waals surface area contributed by atoms with Crippen LogP contribution in [0.1, 0.15) is 29.7 Å². The molecule has 2 aromatic rings. The smallest absolute Gasteiger partial charge is 0.179 e. The SMILES string of the molecule is COc1ccc(CNC(C)c2ccc(C)cc2)c(Cl)c1OC. The maximum atomic E-state index is 6.40. The summed E-state index contributed by atoms with van der Waals surface area (Å²) in [6, 6.07) is 12.6. The number of nitrogens with one attached hydrogen (secondary N) is 1. The first-order chi connectivity index (χ1) is 10.6. The van der Waals surface area contributed by atoms with E-state index in [9.17, 15) is 0 Å². The van der Waals surface area contributed by atoms with Gasteiger partial charge in [-0.25, -0.2) is 0 Å². The van der Waals surface area contributed by atoms with Gasteiger partial charge in [-0.15, -0.1) is 0 Å². The highest BCUT2D eigenvalue weighted by atomic mass is 35.5. The van der Waals surface area contributed by atoms with E-state index < -0.39 is 0 Å². The van der Waals surface area contributed by atoms with Crippen LogP contribution in [0.15, 0.2) is 36.4 Å². The summed E-state index contributed by atoms with van der Waals surface area (Å²) < 4.78 is 10.6. The fraction of sp³-hybridized carbons (Fsp3) is 0.333. The van der Waals surface area contributed by atoms with E-state index >= 15 is 0 Å². The molecule has 0 spiro atoms. The number of halogens is 1. The van der Waals surface area contributed by atoms with E-state index in [1.54, 1.807) is 14.2 Å².